The minimum Gasteiger partial charge on any atom is -0.357 e. The monoisotopic (exact) mass is 411 g/mol. The standard InChI is InChI=1S/C23H37N7/c1-4-22-28-27-18-30(22)14-11-25-23(24-5-2)26-16-20-7-6-8-21(15-20)17-29-12-9-19(3)10-13-29/h6-8,15,18-19H,4-5,9-14,16-17H2,1-3H3,(H2,24,25,26). The Hall–Kier alpha value is -2.41. The summed E-state index contributed by atoms with van der Waals surface area (Å²) in [6.45, 7) is 13.1. The lowest BCUT2D eigenvalue weighted by Gasteiger charge is -2.30. The van der Waals surface area contributed by atoms with E-state index in [9.17, 15) is 0 Å². The van der Waals surface area contributed by atoms with Crippen molar-refractivity contribution in [3.8, 4) is 0 Å². The second kappa shape index (κ2) is 11.7. The van der Waals surface area contributed by atoms with E-state index < -0.39 is 0 Å². The first-order valence-corrected chi connectivity index (χ1v) is 11.4. The van der Waals surface area contributed by atoms with E-state index in [1.54, 1.807) is 6.33 Å². The molecule has 2 N–H and O–H groups in total. The normalized spacial score (nSPS) is 16.0. The van der Waals surface area contributed by atoms with Crippen molar-refractivity contribution >= 4 is 5.96 Å². The summed E-state index contributed by atoms with van der Waals surface area (Å²) in [6.07, 6.45) is 5.31. The second-order valence-electron chi connectivity index (χ2n) is 8.19. The highest BCUT2D eigenvalue weighted by molar-refractivity contribution is 5.79. The fourth-order valence-corrected chi connectivity index (χ4v) is 3.85. The van der Waals surface area contributed by atoms with Gasteiger partial charge in [-0.3, -0.25) is 4.90 Å². The van der Waals surface area contributed by atoms with Gasteiger partial charge in [-0.2, -0.15) is 0 Å². The lowest BCUT2D eigenvalue weighted by molar-refractivity contribution is 0.185. The van der Waals surface area contributed by atoms with Crippen LogP contribution in [0.5, 0.6) is 0 Å². The molecule has 0 atom stereocenters. The minimum atomic E-state index is 0.674. The first-order valence-electron chi connectivity index (χ1n) is 11.4. The van der Waals surface area contributed by atoms with Gasteiger partial charge in [0, 0.05) is 32.6 Å². The number of likely N-dealkylation sites (tertiary alicyclic amines) is 1. The highest BCUT2D eigenvalue weighted by Gasteiger charge is 2.15. The summed E-state index contributed by atoms with van der Waals surface area (Å²) in [7, 11) is 0. The van der Waals surface area contributed by atoms with Crippen LogP contribution >= 0.6 is 0 Å². The fourth-order valence-electron chi connectivity index (χ4n) is 3.85. The van der Waals surface area contributed by atoms with Crippen molar-refractivity contribution in [2.75, 3.05) is 26.2 Å². The number of rotatable bonds is 9. The highest BCUT2D eigenvalue weighted by atomic mass is 15.3. The Bertz CT molecular complexity index is 790. The van der Waals surface area contributed by atoms with Crippen LogP contribution in [0.25, 0.3) is 0 Å². The Morgan fingerprint density at radius 2 is 1.97 bits per heavy atom. The SMILES string of the molecule is CCNC(=NCc1cccc(CN2CCC(C)CC2)c1)NCCn1cnnc1CC. The third-order valence-electron chi connectivity index (χ3n) is 5.69. The number of aliphatic imine (C=N–C) groups is 1. The van der Waals surface area contributed by atoms with E-state index in [0.29, 0.717) is 6.54 Å². The fraction of sp³-hybridized carbons (Fsp3) is 0.609. The molecule has 0 unspecified atom stereocenters. The lowest BCUT2D eigenvalue weighted by atomic mass is 9.98. The molecule has 1 aliphatic rings. The molecule has 2 aromatic rings. The average Bonchev–Trinajstić information content (AvgIpc) is 3.21. The summed E-state index contributed by atoms with van der Waals surface area (Å²) in [5, 5.41) is 14.9. The van der Waals surface area contributed by atoms with E-state index in [1.165, 1.54) is 37.1 Å². The van der Waals surface area contributed by atoms with Crippen LogP contribution in [0.3, 0.4) is 0 Å². The van der Waals surface area contributed by atoms with Gasteiger partial charge in [0.15, 0.2) is 5.96 Å². The number of aryl methyl sites for hydroxylation is 1. The molecule has 1 saturated heterocycles. The zero-order valence-corrected chi connectivity index (χ0v) is 18.8. The maximum atomic E-state index is 4.78. The molecule has 0 spiro atoms. The molecule has 0 amide bonds. The van der Waals surface area contributed by atoms with Crippen LogP contribution in [-0.4, -0.2) is 51.8 Å². The van der Waals surface area contributed by atoms with Gasteiger partial charge < -0.3 is 15.2 Å². The van der Waals surface area contributed by atoms with Gasteiger partial charge in [-0.05, 0) is 49.9 Å². The molecule has 0 radical (unpaired) electrons. The predicted octanol–water partition coefficient (Wildman–Crippen LogP) is 2.83. The van der Waals surface area contributed by atoms with Crippen molar-refractivity contribution in [3.05, 3.63) is 47.5 Å². The van der Waals surface area contributed by atoms with Crippen LogP contribution in [0.1, 0.15) is 50.6 Å². The van der Waals surface area contributed by atoms with E-state index in [1.807, 2.05) is 0 Å². The number of piperidine rings is 1. The zero-order valence-electron chi connectivity index (χ0n) is 18.8. The first kappa shape index (κ1) is 22.3. The van der Waals surface area contributed by atoms with Crippen LogP contribution < -0.4 is 10.6 Å². The number of nitrogens with one attached hydrogen (secondary N) is 2. The molecule has 0 saturated carbocycles. The van der Waals surface area contributed by atoms with Gasteiger partial charge in [-0.1, -0.05) is 38.1 Å². The molecule has 7 nitrogen and oxygen atoms in total. The smallest absolute Gasteiger partial charge is 0.191 e. The predicted molar refractivity (Wildman–Crippen MR) is 122 cm³/mol. The van der Waals surface area contributed by atoms with Crippen molar-refractivity contribution in [2.45, 2.75) is 59.7 Å². The van der Waals surface area contributed by atoms with Gasteiger partial charge in [0.2, 0.25) is 0 Å². The molecule has 2 heterocycles. The number of aromatic nitrogens is 3. The molecular weight excluding hydrogens is 374 g/mol. The van der Waals surface area contributed by atoms with Crippen molar-refractivity contribution in [1.82, 2.24) is 30.3 Å². The summed E-state index contributed by atoms with van der Waals surface area (Å²) in [4.78, 5) is 7.36. The topological polar surface area (TPSA) is 70.4 Å². The van der Waals surface area contributed by atoms with Gasteiger partial charge in [0.1, 0.15) is 12.2 Å². The van der Waals surface area contributed by atoms with Gasteiger partial charge in [0.05, 0.1) is 6.54 Å². The summed E-state index contributed by atoms with van der Waals surface area (Å²) in [5.74, 6) is 2.73. The van der Waals surface area contributed by atoms with Gasteiger partial charge in [0.25, 0.3) is 0 Å². The van der Waals surface area contributed by atoms with E-state index in [0.717, 1.165) is 50.3 Å². The Balaban J connectivity index is 1.52. The molecular formula is C23H37N7. The van der Waals surface area contributed by atoms with E-state index in [4.69, 9.17) is 4.99 Å². The highest BCUT2D eigenvalue weighted by Crippen LogP contribution is 2.18. The summed E-state index contributed by atoms with van der Waals surface area (Å²) in [5.41, 5.74) is 2.64. The Labute approximate surface area is 181 Å². The van der Waals surface area contributed by atoms with E-state index >= 15 is 0 Å². The lowest BCUT2D eigenvalue weighted by Crippen LogP contribution is -2.38. The van der Waals surface area contributed by atoms with Crippen LogP contribution in [0.15, 0.2) is 35.6 Å². The third kappa shape index (κ3) is 6.83. The Morgan fingerprint density at radius 1 is 1.17 bits per heavy atom. The van der Waals surface area contributed by atoms with Gasteiger partial charge in [-0.15, -0.1) is 10.2 Å². The van der Waals surface area contributed by atoms with Crippen LogP contribution in [0.4, 0.5) is 0 Å². The summed E-state index contributed by atoms with van der Waals surface area (Å²) in [6, 6.07) is 8.86. The van der Waals surface area contributed by atoms with Crippen LogP contribution in [-0.2, 0) is 26.1 Å². The van der Waals surface area contributed by atoms with Gasteiger partial charge >= 0.3 is 0 Å². The first-order chi connectivity index (χ1) is 14.7. The number of benzene rings is 1. The molecule has 1 fully saturated rings. The zero-order chi connectivity index (χ0) is 21.2. The maximum absolute atomic E-state index is 4.78. The summed E-state index contributed by atoms with van der Waals surface area (Å²) >= 11 is 0. The number of hydrogen-bond donors (Lipinski definition) is 2. The van der Waals surface area contributed by atoms with Crippen molar-refractivity contribution in [1.29, 1.82) is 0 Å². The van der Waals surface area contributed by atoms with Crippen molar-refractivity contribution in [2.24, 2.45) is 10.9 Å². The average molecular weight is 412 g/mol. The number of guanidine groups is 1. The minimum absolute atomic E-state index is 0.674. The molecule has 30 heavy (non-hydrogen) atoms. The number of nitrogens with zero attached hydrogens (tertiary/aromatic N) is 5. The Kier molecular flexibility index (Phi) is 8.68. The summed E-state index contributed by atoms with van der Waals surface area (Å²) < 4.78 is 2.08. The number of hydrogen-bond acceptors (Lipinski definition) is 4. The molecule has 1 aromatic heterocycles. The quantitative estimate of drug-likeness (QED) is 0.490. The maximum Gasteiger partial charge on any atom is 0.191 e. The Morgan fingerprint density at radius 3 is 2.73 bits per heavy atom. The van der Waals surface area contributed by atoms with Crippen molar-refractivity contribution < 1.29 is 0 Å². The van der Waals surface area contributed by atoms with Crippen LogP contribution in [0, 0.1) is 5.92 Å². The molecule has 3 rings (SSSR count). The van der Waals surface area contributed by atoms with Gasteiger partial charge in [-0.25, -0.2) is 4.99 Å². The third-order valence-corrected chi connectivity index (χ3v) is 5.69. The molecule has 0 aliphatic carbocycles. The van der Waals surface area contributed by atoms with Crippen LogP contribution in [0.2, 0.25) is 0 Å². The molecule has 164 valence electrons. The molecule has 7 heteroatoms. The molecule has 0 bridgehead atoms. The van der Waals surface area contributed by atoms with Crippen molar-refractivity contribution in [3.63, 3.8) is 0 Å². The van der Waals surface area contributed by atoms with E-state index in [2.05, 4.69) is 75.3 Å². The molecule has 1 aliphatic heterocycles. The van der Waals surface area contributed by atoms with E-state index in [-0.39, 0.29) is 0 Å². The largest absolute Gasteiger partial charge is 0.357 e. The second-order valence-corrected chi connectivity index (χ2v) is 8.19. The molecule has 1 aromatic carbocycles.